The molecule has 6 heteroatoms. The first-order valence-corrected chi connectivity index (χ1v) is 6.92. The summed E-state index contributed by atoms with van der Waals surface area (Å²) in [6.07, 6.45) is 0.642. The van der Waals surface area contributed by atoms with Crippen LogP contribution in [-0.2, 0) is 0 Å². The Kier molecular flexibility index (Phi) is 3.49. The molecule has 0 bridgehead atoms. The topological polar surface area (TPSA) is 62.1 Å². The second-order valence-electron chi connectivity index (χ2n) is 5.41. The van der Waals surface area contributed by atoms with Crippen LogP contribution in [0, 0.1) is 11.7 Å². The van der Waals surface area contributed by atoms with Crippen LogP contribution in [0.4, 0.5) is 4.39 Å². The van der Waals surface area contributed by atoms with Gasteiger partial charge in [-0.1, -0.05) is 17.7 Å². The van der Waals surface area contributed by atoms with Crippen molar-refractivity contribution < 1.29 is 4.39 Å². The molecule has 2 fully saturated rings. The SMILES string of the molecule is CC1CC(c2c(F)cccc2Cl)C2C(N)NNC2N1. The molecule has 2 heterocycles. The third-order valence-corrected chi connectivity index (χ3v) is 4.44. The van der Waals surface area contributed by atoms with Gasteiger partial charge in [0.1, 0.15) is 5.82 Å². The molecule has 0 aliphatic carbocycles. The molecule has 0 amide bonds. The fourth-order valence-electron chi connectivity index (χ4n) is 3.31. The molecule has 0 aromatic heterocycles. The molecule has 19 heavy (non-hydrogen) atoms. The van der Waals surface area contributed by atoms with Gasteiger partial charge >= 0.3 is 0 Å². The van der Waals surface area contributed by atoms with Gasteiger partial charge in [0, 0.05) is 22.5 Å². The molecule has 3 rings (SSSR count). The smallest absolute Gasteiger partial charge is 0.128 e. The fraction of sp³-hybridized carbons (Fsp3) is 0.538. The quantitative estimate of drug-likeness (QED) is 0.627. The molecule has 4 nitrogen and oxygen atoms in total. The van der Waals surface area contributed by atoms with E-state index in [4.69, 9.17) is 17.3 Å². The molecule has 0 spiro atoms. The van der Waals surface area contributed by atoms with Gasteiger partial charge in [-0.2, -0.15) is 0 Å². The Balaban J connectivity index is 2.01. The highest BCUT2D eigenvalue weighted by atomic mass is 35.5. The zero-order chi connectivity index (χ0) is 13.6. The lowest BCUT2D eigenvalue weighted by Crippen LogP contribution is -2.54. The number of benzene rings is 1. The van der Waals surface area contributed by atoms with Crippen LogP contribution >= 0.6 is 11.6 Å². The molecule has 1 aromatic rings. The Morgan fingerprint density at radius 2 is 2.16 bits per heavy atom. The zero-order valence-electron chi connectivity index (χ0n) is 10.7. The molecule has 2 aliphatic rings. The predicted molar refractivity (Wildman–Crippen MR) is 72.9 cm³/mol. The average molecular weight is 285 g/mol. The molecular weight excluding hydrogens is 267 g/mol. The predicted octanol–water partition coefficient (Wildman–Crippen LogP) is 1.28. The van der Waals surface area contributed by atoms with Crippen LogP contribution in [0.2, 0.25) is 5.02 Å². The van der Waals surface area contributed by atoms with Gasteiger partial charge in [0.2, 0.25) is 0 Å². The maximum absolute atomic E-state index is 14.2. The summed E-state index contributed by atoms with van der Waals surface area (Å²) in [6.45, 7) is 2.09. The van der Waals surface area contributed by atoms with Gasteiger partial charge in [0.15, 0.2) is 0 Å². The van der Waals surface area contributed by atoms with Gasteiger partial charge in [0.05, 0.1) is 12.3 Å². The normalized spacial score (nSPS) is 38.2. The first kappa shape index (κ1) is 13.3. The first-order valence-electron chi connectivity index (χ1n) is 6.54. The third-order valence-electron chi connectivity index (χ3n) is 4.11. The van der Waals surface area contributed by atoms with E-state index in [1.165, 1.54) is 6.07 Å². The zero-order valence-corrected chi connectivity index (χ0v) is 11.4. The Labute approximate surface area is 116 Å². The first-order chi connectivity index (χ1) is 9.08. The highest BCUT2D eigenvalue weighted by Crippen LogP contribution is 2.41. The van der Waals surface area contributed by atoms with E-state index in [0.717, 1.165) is 6.42 Å². The number of piperidine rings is 1. The Hall–Kier alpha value is -0.720. The number of halogens is 2. The molecule has 104 valence electrons. The van der Waals surface area contributed by atoms with Gasteiger partial charge in [-0.3, -0.25) is 5.32 Å². The van der Waals surface area contributed by atoms with Crippen molar-refractivity contribution in [3.05, 3.63) is 34.6 Å². The third kappa shape index (κ3) is 2.26. The molecule has 0 radical (unpaired) electrons. The van der Waals surface area contributed by atoms with E-state index < -0.39 is 0 Å². The summed E-state index contributed by atoms with van der Waals surface area (Å²) in [6, 6.07) is 5.11. The summed E-state index contributed by atoms with van der Waals surface area (Å²) < 4.78 is 14.2. The van der Waals surface area contributed by atoms with Crippen LogP contribution in [0.1, 0.15) is 24.8 Å². The van der Waals surface area contributed by atoms with E-state index in [-0.39, 0.29) is 36.0 Å². The molecule has 0 saturated carbocycles. The average Bonchev–Trinajstić information content (AvgIpc) is 2.70. The standard InChI is InChI=1S/C13H18ClFN4/c1-6-5-7(10-8(14)3-2-4-9(10)15)11-12(16)18-19-13(11)17-6/h2-4,6-7,11-13,17-19H,5,16H2,1H3. The van der Waals surface area contributed by atoms with Crippen LogP contribution in [-0.4, -0.2) is 18.4 Å². The highest BCUT2D eigenvalue weighted by Gasteiger charge is 2.45. The van der Waals surface area contributed by atoms with Crippen molar-refractivity contribution in [2.24, 2.45) is 11.7 Å². The lowest BCUT2D eigenvalue weighted by atomic mass is 9.76. The van der Waals surface area contributed by atoms with E-state index in [1.54, 1.807) is 12.1 Å². The lowest BCUT2D eigenvalue weighted by Gasteiger charge is -2.39. The van der Waals surface area contributed by atoms with E-state index in [1.807, 2.05) is 0 Å². The summed E-state index contributed by atoms with van der Waals surface area (Å²) in [7, 11) is 0. The summed E-state index contributed by atoms with van der Waals surface area (Å²) in [4.78, 5) is 0. The number of nitrogens with one attached hydrogen (secondary N) is 3. The van der Waals surface area contributed by atoms with Crippen molar-refractivity contribution in [3.63, 3.8) is 0 Å². The Morgan fingerprint density at radius 1 is 1.37 bits per heavy atom. The molecule has 5 N–H and O–H groups in total. The van der Waals surface area contributed by atoms with Gasteiger partial charge in [-0.15, -0.1) is 0 Å². The Morgan fingerprint density at radius 3 is 2.89 bits per heavy atom. The molecule has 1 aromatic carbocycles. The molecule has 5 atom stereocenters. The van der Waals surface area contributed by atoms with Crippen molar-refractivity contribution in [2.45, 2.75) is 37.6 Å². The number of nitrogens with two attached hydrogens (primary N) is 1. The number of fused-ring (bicyclic) bond motifs is 1. The van der Waals surface area contributed by atoms with Crippen LogP contribution in [0.5, 0.6) is 0 Å². The van der Waals surface area contributed by atoms with Crippen LogP contribution < -0.4 is 21.9 Å². The highest BCUT2D eigenvalue weighted by molar-refractivity contribution is 6.31. The van der Waals surface area contributed by atoms with E-state index >= 15 is 0 Å². The van der Waals surface area contributed by atoms with Crippen LogP contribution in [0.3, 0.4) is 0 Å². The lowest BCUT2D eigenvalue weighted by molar-refractivity contribution is 0.206. The minimum Gasteiger partial charge on any atom is -0.315 e. The Bertz CT molecular complexity index is 463. The van der Waals surface area contributed by atoms with Crippen LogP contribution in [0.25, 0.3) is 0 Å². The van der Waals surface area contributed by atoms with E-state index in [0.29, 0.717) is 10.6 Å². The maximum Gasteiger partial charge on any atom is 0.128 e. The van der Waals surface area contributed by atoms with Gasteiger partial charge in [-0.05, 0) is 31.4 Å². The van der Waals surface area contributed by atoms with Gasteiger partial charge < -0.3 is 5.73 Å². The summed E-state index contributed by atoms with van der Waals surface area (Å²) in [5, 5.41) is 3.91. The summed E-state index contributed by atoms with van der Waals surface area (Å²) >= 11 is 6.21. The minimum absolute atomic E-state index is 0.00690. The molecule has 2 aliphatic heterocycles. The monoisotopic (exact) mass is 284 g/mol. The summed E-state index contributed by atoms with van der Waals surface area (Å²) in [5.74, 6) is -0.164. The second kappa shape index (κ2) is 5.00. The maximum atomic E-state index is 14.2. The molecule has 2 saturated heterocycles. The summed E-state index contributed by atoms with van der Waals surface area (Å²) in [5.41, 5.74) is 12.8. The van der Waals surface area contributed by atoms with Gasteiger partial charge in [-0.25, -0.2) is 15.2 Å². The minimum atomic E-state index is -0.246. The van der Waals surface area contributed by atoms with Gasteiger partial charge in [0.25, 0.3) is 0 Å². The largest absolute Gasteiger partial charge is 0.315 e. The fourth-order valence-corrected chi connectivity index (χ4v) is 3.61. The van der Waals surface area contributed by atoms with E-state index in [9.17, 15) is 4.39 Å². The number of hydrogen-bond donors (Lipinski definition) is 4. The van der Waals surface area contributed by atoms with Crippen molar-refractivity contribution in [2.75, 3.05) is 0 Å². The van der Waals surface area contributed by atoms with Crippen molar-refractivity contribution in [3.8, 4) is 0 Å². The second-order valence-corrected chi connectivity index (χ2v) is 5.82. The number of hydrogen-bond acceptors (Lipinski definition) is 4. The van der Waals surface area contributed by atoms with Crippen LogP contribution in [0.15, 0.2) is 18.2 Å². The van der Waals surface area contributed by atoms with Crippen molar-refractivity contribution in [1.29, 1.82) is 0 Å². The molecule has 5 unspecified atom stereocenters. The van der Waals surface area contributed by atoms with Crippen molar-refractivity contribution >= 4 is 11.6 Å². The number of rotatable bonds is 1. The van der Waals surface area contributed by atoms with Crippen molar-refractivity contribution in [1.82, 2.24) is 16.2 Å². The molecular formula is C13H18ClFN4. The van der Waals surface area contributed by atoms with E-state index in [2.05, 4.69) is 23.1 Å². The number of hydrazine groups is 1.